The average molecular weight is 458 g/mol. The van der Waals surface area contributed by atoms with Crippen LogP contribution in [0.3, 0.4) is 0 Å². The van der Waals surface area contributed by atoms with E-state index in [0.717, 1.165) is 16.3 Å². The zero-order chi connectivity index (χ0) is 23.3. The van der Waals surface area contributed by atoms with Crippen LogP contribution in [0.5, 0.6) is 0 Å². The normalized spacial score (nSPS) is 17.8. The van der Waals surface area contributed by atoms with Crippen LogP contribution < -0.4 is 4.90 Å². The highest BCUT2D eigenvalue weighted by Gasteiger charge is 2.48. The Bertz CT molecular complexity index is 1470. The van der Waals surface area contributed by atoms with E-state index in [2.05, 4.69) is 0 Å². The molecule has 4 aromatic rings. The Morgan fingerprint density at radius 1 is 0.939 bits per heavy atom. The molecule has 0 radical (unpaired) electrons. The van der Waals surface area contributed by atoms with Crippen molar-refractivity contribution in [1.82, 2.24) is 0 Å². The summed E-state index contributed by atoms with van der Waals surface area (Å²) in [7, 11) is 0. The molecule has 0 bridgehead atoms. The number of benzene rings is 3. The smallest absolute Gasteiger partial charge is 0.300 e. The van der Waals surface area contributed by atoms with Gasteiger partial charge in [0.1, 0.15) is 23.3 Å². The van der Waals surface area contributed by atoms with Crippen molar-refractivity contribution in [1.29, 1.82) is 0 Å². The van der Waals surface area contributed by atoms with Crippen LogP contribution >= 0.6 is 11.6 Å². The maximum atomic E-state index is 13.2. The number of carbonyl (C=O) groups excluding carboxylic acids is 2. The maximum absolute atomic E-state index is 13.2. The molecule has 0 spiro atoms. The Morgan fingerprint density at radius 3 is 2.39 bits per heavy atom. The Morgan fingerprint density at radius 2 is 1.70 bits per heavy atom. The number of rotatable bonds is 3. The number of hydrogen-bond acceptors (Lipinski definition) is 4. The molecule has 1 amide bonds. The fourth-order valence-corrected chi connectivity index (χ4v) is 4.37. The number of anilines is 1. The lowest BCUT2D eigenvalue weighted by molar-refractivity contribution is -0.132. The fourth-order valence-electron chi connectivity index (χ4n) is 4.19. The van der Waals surface area contributed by atoms with Gasteiger partial charge in [-0.15, -0.1) is 0 Å². The third-order valence-corrected chi connectivity index (χ3v) is 6.34. The standard InChI is InChI=1S/C27H20ClNO4/c1-15-7-11-20(14-21(15)28)29-24(22-12-8-16(2)33-22)23(26(31)27(29)32)25(30)19-10-9-17-5-3-4-6-18(17)13-19/h3-14,24,30H,1-2H3/b25-23-. The van der Waals surface area contributed by atoms with Gasteiger partial charge in [-0.3, -0.25) is 14.5 Å². The number of fused-ring (bicyclic) bond motifs is 1. The van der Waals surface area contributed by atoms with Gasteiger partial charge in [-0.2, -0.15) is 0 Å². The second-order valence-corrected chi connectivity index (χ2v) is 8.52. The number of aryl methyl sites for hydroxylation is 2. The predicted molar refractivity (Wildman–Crippen MR) is 128 cm³/mol. The molecule has 1 N–H and O–H groups in total. The summed E-state index contributed by atoms with van der Waals surface area (Å²) in [5, 5.41) is 13.7. The predicted octanol–water partition coefficient (Wildman–Crippen LogP) is 6.33. The van der Waals surface area contributed by atoms with Gasteiger partial charge in [0.05, 0.1) is 5.57 Å². The van der Waals surface area contributed by atoms with Crippen LogP contribution in [-0.4, -0.2) is 16.8 Å². The summed E-state index contributed by atoms with van der Waals surface area (Å²) in [6.07, 6.45) is 0. The summed E-state index contributed by atoms with van der Waals surface area (Å²) in [5.74, 6) is -0.777. The third kappa shape index (κ3) is 3.51. The fraction of sp³-hybridized carbons (Fsp3) is 0.111. The molecule has 1 fully saturated rings. The summed E-state index contributed by atoms with van der Waals surface area (Å²) in [4.78, 5) is 27.8. The number of halogens is 1. The number of amides is 1. The summed E-state index contributed by atoms with van der Waals surface area (Å²) in [6, 6.07) is 20.8. The van der Waals surface area contributed by atoms with Gasteiger partial charge in [-0.1, -0.05) is 54.1 Å². The second-order valence-electron chi connectivity index (χ2n) is 8.11. The molecule has 1 unspecified atom stereocenters. The van der Waals surface area contributed by atoms with Crippen molar-refractivity contribution >= 4 is 45.5 Å². The number of aliphatic hydroxyl groups excluding tert-OH is 1. The Labute approximate surface area is 195 Å². The molecule has 5 nitrogen and oxygen atoms in total. The molecule has 0 saturated carbocycles. The quantitative estimate of drug-likeness (QED) is 0.222. The maximum Gasteiger partial charge on any atom is 0.300 e. The number of furan rings is 1. The molecule has 5 rings (SSSR count). The molecule has 2 heterocycles. The lowest BCUT2D eigenvalue weighted by atomic mass is 9.97. The van der Waals surface area contributed by atoms with E-state index in [4.69, 9.17) is 16.0 Å². The first-order valence-electron chi connectivity index (χ1n) is 10.5. The van der Waals surface area contributed by atoms with E-state index in [1.165, 1.54) is 4.90 Å². The number of nitrogens with zero attached hydrogens (tertiary/aromatic N) is 1. The van der Waals surface area contributed by atoms with E-state index in [-0.39, 0.29) is 11.3 Å². The van der Waals surface area contributed by atoms with Crippen LogP contribution in [-0.2, 0) is 9.59 Å². The van der Waals surface area contributed by atoms with Crippen LogP contribution in [0.1, 0.15) is 28.7 Å². The minimum absolute atomic E-state index is 0.0265. The van der Waals surface area contributed by atoms with E-state index < -0.39 is 17.7 Å². The van der Waals surface area contributed by atoms with Gasteiger partial charge in [-0.05, 0) is 60.5 Å². The number of Topliss-reactive ketones (excluding diaryl/α,β-unsaturated/α-hetero) is 1. The van der Waals surface area contributed by atoms with Gasteiger partial charge in [0, 0.05) is 16.3 Å². The van der Waals surface area contributed by atoms with Crippen LogP contribution in [0.2, 0.25) is 5.02 Å². The van der Waals surface area contributed by atoms with Crippen molar-refractivity contribution in [2.24, 2.45) is 0 Å². The highest BCUT2D eigenvalue weighted by molar-refractivity contribution is 6.51. The van der Waals surface area contributed by atoms with Crippen molar-refractivity contribution < 1.29 is 19.1 Å². The molecule has 1 aromatic heterocycles. The summed E-state index contributed by atoms with van der Waals surface area (Å²) >= 11 is 6.32. The SMILES string of the molecule is Cc1ccc(C2/C(=C(/O)c3ccc4ccccc4c3)C(=O)C(=O)N2c2ccc(C)c(Cl)c2)o1. The third-order valence-electron chi connectivity index (χ3n) is 5.93. The average Bonchev–Trinajstić information content (AvgIpc) is 3.35. The number of aliphatic hydroxyl groups is 1. The molecule has 6 heteroatoms. The first-order valence-corrected chi connectivity index (χ1v) is 10.9. The molecule has 33 heavy (non-hydrogen) atoms. The van der Waals surface area contributed by atoms with Crippen LogP contribution in [0.15, 0.2) is 82.8 Å². The Balaban J connectivity index is 1.72. The molecule has 164 valence electrons. The molecular formula is C27H20ClNO4. The van der Waals surface area contributed by atoms with Crippen molar-refractivity contribution in [2.75, 3.05) is 4.90 Å². The summed E-state index contributed by atoms with van der Waals surface area (Å²) in [5.41, 5.74) is 1.71. The second kappa shape index (κ2) is 7.94. The van der Waals surface area contributed by atoms with E-state index in [1.807, 2.05) is 37.3 Å². The topological polar surface area (TPSA) is 70.8 Å². The lowest BCUT2D eigenvalue weighted by Gasteiger charge is -2.24. The minimum atomic E-state index is -0.927. The van der Waals surface area contributed by atoms with Crippen molar-refractivity contribution in [3.63, 3.8) is 0 Å². The molecule has 1 atom stereocenters. The summed E-state index contributed by atoms with van der Waals surface area (Å²) < 4.78 is 5.83. The van der Waals surface area contributed by atoms with E-state index in [9.17, 15) is 14.7 Å². The van der Waals surface area contributed by atoms with Gasteiger partial charge >= 0.3 is 0 Å². The van der Waals surface area contributed by atoms with E-state index in [1.54, 1.807) is 49.4 Å². The Hall–Kier alpha value is -3.83. The molecule has 0 aliphatic carbocycles. The molecular weight excluding hydrogens is 438 g/mol. The van der Waals surface area contributed by atoms with Gasteiger partial charge in [0.2, 0.25) is 0 Å². The molecule has 1 aliphatic rings. The van der Waals surface area contributed by atoms with Crippen molar-refractivity contribution in [3.8, 4) is 0 Å². The highest BCUT2D eigenvalue weighted by atomic mass is 35.5. The van der Waals surface area contributed by atoms with Gasteiger partial charge < -0.3 is 9.52 Å². The zero-order valence-electron chi connectivity index (χ0n) is 18.0. The molecule has 3 aromatic carbocycles. The first-order chi connectivity index (χ1) is 15.8. The number of ketones is 1. The van der Waals surface area contributed by atoms with Gasteiger partial charge in [0.25, 0.3) is 11.7 Å². The van der Waals surface area contributed by atoms with Gasteiger partial charge in [-0.25, -0.2) is 0 Å². The van der Waals surface area contributed by atoms with Crippen molar-refractivity contribution in [2.45, 2.75) is 19.9 Å². The zero-order valence-corrected chi connectivity index (χ0v) is 18.8. The van der Waals surface area contributed by atoms with Gasteiger partial charge in [0.15, 0.2) is 0 Å². The van der Waals surface area contributed by atoms with Crippen LogP contribution in [0.4, 0.5) is 5.69 Å². The minimum Gasteiger partial charge on any atom is -0.507 e. The summed E-state index contributed by atoms with van der Waals surface area (Å²) in [6.45, 7) is 3.63. The number of carbonyl (C=O) groups is 2. The van der Waals surface area contributed by atoms with Crippen LogP contribution in [0.25, 0.3) is 16.5 Å². The molecule has 1 saturated heterocycles. The first kappa shape index (κ1) is 21.0. The monoisotopic (exact) mass is 457 g/mol. The highest BCUT2D eigenvalue weighted by Crippen LogP contribution is 2.43. The number of hydrogen-bond donors (Lipinski definition) is 1. The van der Waals surface area contributed by atoms with E-state index in [0.29, 0.717) is 27.8 Å². The van der Waals surface area contributed by atoms with Crippen LogP contribution in [0, 0.1) is 13.8 Å². The molecule has 1 aliphatic heterocycles. The Kier molecular flexibility index (Phi) is 5.06. The largest absolute Gasteiger partial charge is 0.507 e. The van der Waals surface area contributed by atoms with E-state index >= 15 is 0 Å². The lowest BCUT2D eigenvalue weighted by Crippen LogP contribution is -2.29. The van der Waals surface area contributed by atoms with Crippen molar-refractivity contribution in [3.05, 3.63) is 106 Å².